The molecule has 1 atom stereocenters. The lowest BCUT2D eigenvalue weighted by atomic mass is 10.1. The van der Waals surface area contributed by atoms with Gasteiger partial charge in [-0.3, -0.25) is 10.1 Å². The van der Waals surface area contributed by atoms with E-state index in [9.17, 15) is 28.1 Å². The second kappa shape index (κ2) is 7.00. The summed E-state index contributed by atoms with van der Waals surface area (Å²) in [5.41, 5.74) is -2.25. The largest absolute Gasteiger partial charge is 0.444 e. The van der Waals surface area contributed by atoms with E-state index in [1.54, 1.807) is 25.7 Å². The third kappa shape index (κ3) is 4.99. The number of ether oxygens (including phenoxy) is 1. The van der Waals surface area contributed by atoms with Gasteiger partial charge in [0.2, 0.25) is 0 Å². The van der Waals surface area contributed by atoms with Crippen LogP contribution in [0.3, 0.4) is 0 Å². The van der Waals surface area contributed by atoms with Crippen molar-refractivity contribution in [2.24, 2.45) is 0 Å². The van der Waals surface area contributed by atoms with E-state index in [1.807, 2.05) is 0 Å². The number of rotatable bonds is 3. The molecule has 1 aromatic rings. The predicted molar refractivity (Wildman–Crippen MR) is 88.1 cm³/mol. The van der Waals surface area contributed by atoms with Crippen molar-refractivity contribution >= 4 is 17.5 Å². The van der Waals surface area contributed by atoms with Crippen LogP contribution in [0.5, 0.6) is 0 Å². The summed E-state index contributed by atoms with van der Waals surface area (Å²) in [5.74, 6) is 0. The summed E-state index contributed by atoms with van der Waals surface area (Å²) < 4.78 is 43.5. The van der Waals surface area contributed by atoms with E-state index in [0.717, 1.165) is 12.1 Å². The summed E-state index contributed by atoms with van der Waals surface area (Å²) in [7, 11) is 0. The summed E-state index contributed by atoms with van der Waals surface area (Å²) >= 11 is 0. The van der Waals surface area contributed by atoms with Crippen molar-refractivity contribution in [2.45, 2.75) is 45.0 Å². The zero-order valence-electron chi connectivity index (χ0n) is 14.6. The van der Waals surface area contributed by atoms with Crippen LogP contribution in [-0.4, -0.2) is 35.7 Å². The van der Waals surface area contributed by atoms with E-state index in [4.69, 9.17) is 4.74 Å². The molecule has 7 nitrogen and oxygen atoms in total. The monoisotopic (exact) mass is 375 g/mol. The average Bonchev–Trinajstić information content (AvgIpc) is 2.91. The van der Waals surface area contributed by atoms with Crippen molar-refractivity contribution in [3.63, 3.8) is 0 Å². The maximum absolute atomic E-state index is 12.8. The SMILES string of the molecule is CC(C)(C)OC(=O)N[C@@H]1CCN(c2ccc(C(F)(F)F)cc2[N+](=O)[O-])C1. The number of hydrogen-bond donors (Lipinski definition) is 1. The molecule has 0 bridgehead atoms. The lowest BCUT2D eigenvalue weighted by molar-refractivity contribution is -0.384. The Morgan fingerprint density at radius 2 is 2.00 bits per heavy atom. The topological polar surface area (TPSA) is 84.7 Å². The molecule has 0 aliphatic carbocycles. The van der Waals surface area contributed by atoms with E-state index in [1.165, 1.54) is 0 Å². The van der Waals surface area contributed by atoms with Crippen molar-refractivity contribution in [3.05, 3.63) is 33.9 Å². The Hall–Kier alpha value is -2.52. The molecule has 1 aliphatic heterocycles. The molecule has 1 aliphatic rings. The molecule has 0 radical (unpaired) electrons. The number of carbonyl (C=O) groups excluding carboxylic acids is 1. The summed E-state index contributed by atoms with van der Waals surface area (Å²) in [5, 5.41) is 13.9. The minimum absolute atomic E-state index is 0.0940. The van der Waals surface area contributed by atoms with Gasteiger partial charge in [0, 0.05) is 19.2 Å². The molecule has 1 saturated heterocycles. The molecule has 2 rings (SSSR count). The highest BCUT2D eigenvalue weighted by molar-refractivity contribution is 5.69. The number of amides is 1. The maximum atomic E-state index is 12.8. The highest BCUT2D eigenvalue weighted by atomic mass is 19.4. The van der Waals surface area contributed by atoms with Gasteiger partial charge in [0.05, 0.1) is 16.5 Å². The van der Waals surface area contributed by atoms with Crippen LogP contribution in [0.1, 0.15) is 32.8 Å². The zero-order chi connectivity index (χ0) is 19.7. The molecular formula is C16H20F3N3O4. The maximum Gasteiger partial charge on any atom is 0.416 e. The van der Waals surface area contributed by atoms with Crippen molar-refractivity contribution in [1.29, 1.82) is 0 Å². The van der Waals surface area contributed by atoms with Gasteiger partial charge in [0.25, 0.3) is 5.69 Å². The Labute approximate surface area is 148 Å². The number of alkyl carbamates (subject to hydrolysis) is 1. The molecule has 1 N–H and O–H groups in total. The van der Waals surface area contributed by atoms with Gasteiger partial charge in [-0.15, -0.1) is 0 Å². The van der Waals surface area contributed by atoms with Gasteiger partial charge in [0.1, 0.15) is 11.3 Å². The summed E-state index contributed by atoms with van der Waals surface area (Å²) in [6.45, 7) is 5.77. The van der Waals surface area contributed by atoms with Crippen molar-refractivity contribution in [1.82, 2.24) is 5.32 Å². The molecule has 26 heavy (non-hydrogen) atoms. The highest BCUT2D eigenvalue weighted by Gasteiger charge is 2.35. The molecule has 1 amide bonds. The summed E-state index contributed by atoms with van der Waals surface area (Å²) in [4.78, 5) is 23.7. The Balaban J connectivity index is 2.13. The molecule has 0 spiro atoms. The second-order valence-corrected chi connectivity index (χ2v) is 7.04. The number of nitrogens with one attached hydrogen (secondary N) is 1. The van der Waals surface area contributed by atoms with Gasteiger partial charge in [-0.25, -0.2) is 4.79 Å². The minimum Gasteiger partial charge on any atom is -0.444 e. The number of hydrogen-bond acceptors (Lipinski definition) is 5. The Morgan fingerprint density at radius 1 is 1.35 bits per heavy atom. The molecule has 0 unspecified atom stereocenters. The molecule has 0 saturated carbocycles. The van der Waals surface area contributed by atoms with Crippen LogP contribution < -0.4 is 10.2 Å². The fraction of sp³-hybridized carbons (Fsp3) is 0.562. The second-order valence-electron chi connectivity index (χ2n) is 7.04. The zero-order valence-corrected chi connectivity index (χ0v) is 14.6. The average molecular weight is 375 g/mol. The number of nitro groups is 1. The van der Waals surface area contributed by atoms with Crippen LogP contribution in [0.2, 0.25) is 0 Å². The third-order valence-electron chi connectivity index (χ3n) is 3.75. The van der Waals surface area contributed by atoms with Crippen LogP contribution in [-0.2, 0) is 10.9 Å². The molecule has 1 aromatic carbocycles. The molecule has 1 heterocycles. The number of alkyl halides is 3. The lowest BCUT2D eigenvalue weighted by Crippen LogP contribution is -2.40. The van der Waals surface area contributed by atoms with E-state index >= 15 is 0 Å². The van der Waals surface area contributed by atoms with Gasteiger partial charge in [0.15, 0.2) is 0 Å². The van der Waals surface area contributed by atoms with Gasteiger partial charge in [-0.2, -0.15) is 13.2 Å². The van der Waals surface area contributed by atoms with Crippen molar-refractivity contribution in [2.75, 3.05) is 18.0 Å². The predicted octanol–water partition coefficient (Wildman–Crippen LogP) is 3.72. The normalized spacial score (nSPS) is 17.9. The Bertz CT molecular complexity index is 701. The summed E-state index contributed by atoms with van der Waals surface area (Å²) in [6.07, 6.45) is -4.77. The fourth-order valence-corrected chi connectivity index (χ4v) is 2.68. The third-order valence-corrected chi connectivity index (χ3v) is 3.75. The van der Waals surface area contributed by atoms with Crippen molar-refractivity contribution < 1.29 is 27.6 Å². The standard InChI is InChI=1S/C16H20F3N3O4/c1-15(2,3)26-14(23)20-11-6-7-21(9-11)12-5-4-10(16(17,18)19)8-13(12)22(24)25/h4-5,8,11H,6-7,9H2,1-3H3,(H,20,23)/t11-/m1/s1. The molecule has 10 heteroatoms. The number of benzene rings is 1. The van der Waals surface area contributed by atoms with E-state index < -0.39 is 34.0 Å². The first kappa shape index (κ1) is 19.8. The number of nitro benzene ring substituents is 1. The van der Waals surface area contributed by atoms with Gasteiger partial charge >= 0.3 is 12.3 Å². The van der Waals surface area contributed by atoms with Crippen LogP contribution >= 0.6 is 0 Å². The van der Waals surface area contributed by atoms with Gasteiger partial charge in [-0.05, 0) is 39.3 Å². The Morgan fingerprint density at radius 3 is 2.54 bits per heavy atom. The van der Waals surface area contributed by atoms with E-state index in [2.05, 4.69) is 5.32 Å². The van der Waals surface area contributed by atoms with Crippen LogP contribution in [0.15, 0.2) is 18.2 Å². The Kier molecular flexibility index (Phi) is 5.33. The minimum atomic E-state index is -4.66. The smallest absolute Gasteiger partial charge is 0.416 e. The van der Waals surface area contributed by atoms with Gasteiger partial charge in [-0.1, -0.05) is 0 Å². The number of anilines is 1. The van der Waals surface area contributed by atoms with Crippen LogP contribution in [0.25, 0.3) is 0 Å². The number of halogens is 3. The molecule has 0 aromatic heterocycles. The first-order chi connectivity index (χ1) is 11.9. The van der Waals surface area contributed by atoms with Gasteiger partial charge < -0.3 is 15.0 Å². The molecule has 1 fully saturated rings. The molecular weight excluding hydrogens is 355 g/mol. The first-order valence-corrected chi connectivity index (χ1v) is 7.97. The first-order valence-electron chi connectivity index (χ1n) is 7.97. The summed E-state index contributed by atoms with van der Waals surface area (Å²) in [6, 6.07) is 2.13. The van der Waals surface area contributed by atoms with Crippen LogP contribution in [0.4, 0.5) is 29.3 Å². The van der Waals surface area contributed by atoms with E-state index in [0.29, 0.717) is 19.0 Å². The molecule has 144 valence electrons. The van der Waals surface area contributed by atoms with Crippen molar-refractivity contribution in [3.8, 4) is 0 Å². The van der Waals surface area contributed by atoms with Crippen LogP contribution in [0, 0.1) is 10.1 Å². The number of carbonyl (C=O) groups is 1. The fourth-order valence-electron chi connectivity index (χ4n) is 2.68. The number of nitrogens with zero attached hydrogens (tertiary/aromatic N) is 2. The highest BCUT2D eigenvalue weighted by Crippen LogP contribution is 2.37. The quantitative estimate of drug-likeness (QED) is 0.643. The van der Waals surface area contributed by atoms with E-state index in [-0.39, 0.29) is 18.3 Å². The lowest BCUT2D eigenvalue weighted by Gasteiger charge is -2.22.